The molecule has 3 heteroatoms. The third kappa shape index (κ3) is 2.82. The van der Waals surface area contributed by atoms with Crippen molar-refractivity contribution in [1.29, 1.82) is 5.26 Å². The lowest BCUT2D eigenvalue weighted by atomic mass is 10.0. The molecule has 3 nitrogen and oxygen atoms in total. The van der Waals surface area contributed by atoms with Crippen LogP contribution in [0.1, 0.15) is 5.56 Å². The minimum atomic E-state index is -0.0522. The largest absolute Gasteiger partial charge is 0.293 e. The van der Waals surface area contributed by atoms with Crippen molar-refractivity contribution in [1.82, 2.24) is 5.06 Å². The Morgan fingerprint density at radius 2 is 1.74 bits per heavy atom. The van der Waals surface area contributed by atoms with E-state index in [4.69, 9.17) is 10.1 Å². The molecule has 0 bridgehead atoms. The van der Waals surface area contributed by atoms with E-state index in [-0.39, 0.29) is 6.04 Å². The smallest absolute Gasteiger partial charge is 0.137 e. The fourth-order valence-electron chi connectivity index (χ4n) is 1.95. The maximum atomic E-state index is 8.66. The molecule has 0 radical (unpaired) electrons. The maximum absolute atomic E-state index is 8.66. The molecule has 2 unspecified atom stereocenters. The van der Waals surface area contributed by atoms with E-state index < -0.39 is 0 Å². The maximum Gasteiger partial charge on any atom is 0.137 e. The van der Waals surface area contributed by atoms with Gasteiger partial charge in [-0.05, 0) is 16.7 Å². The van der Waals surface area contributed by atoms with Gasteiger partial charge >= 0.3 is 0 Å². The van der Waals surface area contributed by atoms with E-state index in [0.717, 1.165) is 12.1 Å². The van der Waals surface area contributed by atoms with Crippen molar-refractivity contribution in [3.8, 4) is 17.2 Å². The highest BCUT2D eigenvalue weighted by atomic mass is 16.7. The van der Waals surface area contributed by atoms with Gasteiger partial charge in [0.1, 0.15) is 6.04 Å². The van der Waals surface area contributed by atoms with Crippen LogP contribution in [0.3, 0.4) is 0 Å². The average Bonchev–Trinajstić information content (AvgIpc) is 3.25. The van der Waals surface area contributed by atoms with Crippen LogP contribution in [0.5, 0.6) is 0 Å². The van der Waals surface area contributed by atoms with E-state index in [1.807, 2.05) is 18.2 Å². The molecule has 0 spiro atoms. The van der Waals surface area contributed by atoms with Crippen LogP contribution < -0.4 is 0 Å². The van der Waals surface area contributed by atoms with Crippen LogP contribution in [0.2, 0.25) is 0 Å². The second kappa shape index (κ2) is 5.23. The highest BCUT2D eigenvalue weighted by Gasteiger charge is 2.35. The van der Waals surface area contributed by atoms with Crippen molar-refractivity contribution < 1.29 is 4.84 Å². The molecule has 3 rings (SSSR count). The number of hydrogen-bond donors (Lipinski definition) is 0. The van der Waals surface area contributed by atoms with E-state index in [2.05, 4.69) is 42.5 Å². The van der Waals surface area contributed by atoms with Crippen molar-refractivity contribution in [3.63, 3.8) is 0 Å². The molecule has 1 heterocycles. The van der Waals surface area contributed by atoms with Gasteiger partial charge in [0.2, 0.25) is 0 Å². The molecule has 2 aromatic carbocycles. The number of rotatable bonds is 4. The van der Waals surface area contributed by atoms with E-state index in [1.165, 1.54) is 11.1 Å². The van der Waals surface area contributed by atoms with Gasteiger partial charge in [-0.2, -0.15) is 10.3 Å². The summed E-state index contributed by atoms with van der Waals surface area (Å²) in [6.07, 6.45) is 0. The summed E-state index contributed by atoms with van der Waals surface area (Å²) in [4.78, 5) is 5.50. The Labute approximate surface area is 112 Å². The molecule has 0 amide bonds. The predicted molar refractivity (Wildman–Crippen MR) is 72.8 cm³/mol. The molecule has 1 aliphatic heterocycles. The standard InChI is InChI=1S/C16H14N2O/c17-10-16-11-18(16)19-12-13-6-8-15(9-7-13)14-4-2-1-3-5-14/h1-9,16H,11-12H2. The molecule has 0 aromatic heterocycles. The molecule has 1 aliphatic rings. The Morgan fingerprint density at radius 1 is 1.05 bits per heavy atom. The normalized spacial score (nSPS) is 20.8. The molecule has 19 heavy (non-hydrogen) atoms. The molecule has 94 valence electrons. The van der Waals surface area contributed by atoms with E-state index in [0.29, 0.717) is 6.61 Å². The Bertz CT molecular complexity index is 586. The van der Waals surface area contributed by atoms with Gasteiger partial charge in [-0.25, -0.2) is 0 Å². The van der Waals surface area contributed by atoms with Crippen molar-refractivity contribution >= 4 is 0 Å². The van der Waals surface area contributed by atoms with Gasteiger partial charge in [0.25, 0.3) is 0 Å². The fraction of sp³-hybridized carbons (Fsp3) is 0.188. The first-order valence-electron chi connectivity index (χ1n) is 6.30. The summed E-state index contributed by atoms with van der Waals surface area (Å²) in [5.74, 6) is 0. The summed E-state index contributed by atoms with van der Waals surface area (Å²) in [5, 5.41) is 10.4. The minimum absolute atomic E-state index is 0.0522. The van der Waals surface area contributed by atoms with Gasteiger partial charge in [0, 0.05) is 0 Å². The summed E-state index contributed by atoms with van der Waals surface area (Å²) < 4.78 is 0. The van der Waals surface area contributed by atoms with Crippen molar-refractivity contribution in [2.45, 2.75) is 12.6 Å². The third-order valence-electron chi connectivity index (χ3n) is 3.17. The number of benzene rings is 2. The predicted octanol–water partition coefficient (Wildman–Crippen LogP) is 2.99. The molecule has 0 aliphatic carbocycles. The Balaban J connectivity index is 1.62. The van der Waals surface area contributed by atoms with Crippen LogP contribution in [0.25, 0.3) is 11.1 Å². The number of nitrogens with zero attached hydrogens (tertiary/aromatic N) is 2. The summed E-state index contributed by atoms with van der Waals surface area (Å²) in [6.45, 7) is 1.24. The summed E-state index contributed by atoms with van der Waals surface area (Å²) in [5.41, 5.74) is 3.53. The second-order valence-corrected chi connectivity index (χ2v) is 4.58. The first-order chi connectivity index (χ1) is 9.36. The van der Waals surface area contributed by atoms with Crippen molar-refractivity contribution in [2.75, 3.05) is 6.54 Å². The molecular weight excluding hydrogens is 236 g/mol. The van der Waals surface area contributed by atoms with E-state index in [9.17, 15) is 0 Å². The van der Waals surface area contributed by atoms with Crippen LogP contribution in [0, 0.1) is 11.3 Å². The zero-order chi connectivity index (χ0) is 13.1. The van der Waals surface area contributed by atoms with Crippen molar-refractivity contribution in [2.24, 2.45) is 0 Å². The second-order valence-electron chi connectivity index (χ2n) is 4.58. The average molecular weight is 250 g/mol. The number of nitriles is 1. The van der Waals surface area contributed by atoms with Gasteiger partial charge < -0.3 is 0 Å². The fourth-order valence-corrected chi connectivity index (χ4v) is 1.95. The van der Waals surface area contributed by atoms with E-state index in [1.54, 1.807) is 5.06 Å². The topological polar surface area (TPSA) is 36.0 Å². The first kappa shape index (κ1) is 11.9. The van der Waals surface area contributed by atoms with Crippen LogP contribution in [-0.2, 0) is 11.4 Å². The highest BCUT2D eigenvalue weighted by Crippen LogP contribution is 2.21. The molecule has 1 fully saturated rings. The molecule has 1 saturated heterocycles. The summed E-state index contributed by atoms with van der Waals surface area (Å²) in [6, 6.07) is 20.7. The summed E-state index contributed by atoms with van der Waals surface area (Å²) >= 11 is 0. The van der Waals surface area contributed by atoms with Gasteiger partial charge in [0.05, 0.1) is 19.2 Å². The number of hydroxylamine groups is 2. The molecule has 0 saturated carbocycles. The van der Waals surface area contributed by atoms with Gasteiger partial charge in [-0.3, -0.25) is 4.84 Å². The molecule has 2 atom stereocenters. The lowest BCUT2D eigenvalue weighted by Gasteiger charge is -2.05. The lowest BCUT2D eigenvalue weighted by Crippen LogP contribution is -2.02. The Hall–Kier alpha value is -2.15. The number of hydrogen-bond acceptors (Lipinski definition) is 3. The van der Waals surface area contributed by atoms with Gasteiger partial charge in [-0.15, -0.1) is 0 Å². The highest BCUT2D eigenvalue weighted by molar-refractivity contribution is 5.63. The van der Waals surface area contributed by atoms with Crippen LogP contribution in [0.4, 0.5) is 0 Å². The zero-order valence-electron chi connectivity index (χ0n) is 10.5. The van der Waals surface area contributed by atoms with Crippen LogP contribution in [-0.4, -0.2) is 17.6 Å². The van der Waals surface area contributed by atoms with Gasteiger partial charge in [0.15, 0.2) is 0 Å². The van der Waals surface area contributed by atoms with Gasteiger partial charge in [-0.1, -0.05) is 54.6 Å². The van der Waals surface area contributed by atoms with Crippen LogP contribution in [0.15, 0.2) is 54.6 Å². The quantitative estimate of drug-likeness (QED) is 0.783. The SMILES string of the molecule is N#CC1CN1OCc1ccc(-c2ccccc2)cc1. The Morgan fingerprint density at radius 3 is 2.37 bits per heavy atom. The molecular formula is C16H14N2O. The Kier molecular flexibility index (Phi) is 3.28. The monoisotopic (exact) mass is 250 g/mol. The molecule has 0 N–H and O–H groups in total. The minimum Gasteiger partial charge on any atom is -0.293 e. The molecule has 2 aromatic rings. The van der Waals surface area contributed by atoms with Crippen LogP contribution >= 0.6 is 0 Å². The van der Waals surface area contributed by atoms with Crippen molar-refractivity contribution in [3.05, 3.63) is 60.2 Å². The zero-order valence-corrected chi connectivity index (χ0v) is 10.5. The van der Waals surface area contributed by atoms with E-state index >= 15 is 0 Å². The third-order valence-corrected chi connectivity index (χ3v) is 3.17. The lowest BCUT2D eigenvalue weighted by molar-refractivity contribution is -0.0826. The first-order valence-corrected chi connectivity index (χ1v) is 6.30. The summed E-state index contributed by atoms with van der Waals surface area (Å²) in [7, 11) is 0.